The third-order valence-electron chi connectivity index (χ3n) is 4.08. The molecule has 4 nitrogen and oxygen atoms in total. The highest BCUT2D eigenvalue weighted by atomic mass is 16.5. The summed E-state index contributed by atoms with van der Waals surface area (Å²) in [5.41, 5.74) is 6.47. The Bertz CT molecular complexity index is 428. The summed E-state index contributed by atoms with van der Waals surface area (Å²) in [4.78, 5) is 7.05. The van der Waals surface area contributed by atoms with E-state index < -0.39 is 0 Å². The first-order chi connectivity index (χ1) is 9.61. The molecule has 1 saturated carbocycles. The van der Waals surface area contributed by atoms with Crippen molar-refractivity contribution in [1.82, 2.24) is 4.98 Å². The SMILES string of the molecule is COc1nc(N(CCC(C)C)C2CCCC2)ccc1N. The second-order valence-electron chi connectivity index (χ2n) is 6.08. The molecule has 1 aromatic heterocycles. The highest BCUT2D eigenvalue weighted by molar-refractivity contribution is 5.55. The maximum Gasteiger partial charge on any atom is 0.238 e. The van der Waals surface area contributed by atoms with E-state index in [0.717, 1.165) is 12.4 Å². The van der Waals surface area contributed by atoms with Crippen molar-refractivity contribution in [1.29, 1.82) is 0 Å². The zero-order valence-corrected chi connectivity index (χ0v) is 12.9. The lowest BCUT2D eigenvalue weighted by Gasteiger charge is -2.31. The second-order valence-corrected chi connectivity index (χ2v) is 6.08. The number of ether oxygens (including phenoxy) is 1. The van der Waals surface area contributed by atoms with Gasteiger partial charge in [0.25, 0.3) is 0 Å². The predicted octanol–water partition coefficient (Wildman–Crippen LogP) is 3.47. The molecular formula is C16H27N3O. The number of aromatic nitrogens is 1. The van der Waals surface area contributed by atoms with Gasteiger partial charge in [-0.15, -0.1) is 0 Å². The summed E-state index contributed by atoms with van der Waals surface area (Å²) in [7, 11) is 1.62. The summed E-state index contributed by atoms with van der Waals surface area (Å²) in [6.07, 6.45) is 6.38. The maximum atomic E-state index is 5.87. The van der Waals surface area contributed by atoms with Crippen molar-refractivity contribution in [2.24, 2.45) is 5.92 Å². The number of nitrogens with two attached hydrogens (primary N) is 1. The van der Waals surface area contributed by atoms with Gasteiger partial charge in [-0.3, -0.25) is 0 Å². The molecule has 0 atom stereocenters. The zero-order chi connectivity index (χ0) is 14.5. The summed E-state index contributed by atoms with van der Waals surface area (Å²) >= 11 is 0. The van der Waals surface area contributed by atoms with Crippen LogP contribution in [0.3, 0.4) is 0 Å². The summed E-state index contributed by atoms with van der Waals surface area (Å²) in [6, 6.07) is 4.55. The van der Waals surface area contributed by atoms with Gasteiger partial charge >= 0.3 is 0 Å². The standard InChI is InChI=1S/C16H27N3O/c1-12(2)10-11-19(13-6-4-5-7-13)15-9-8-14(17)16(18-15)20-3/h8-9,12-13H,4-7,10-11,17H2,1-3H3. The van der Waals surface area contributed by atoms with Gasteiger partial charge in [0.2, 0.25) is 5.88 Å². The van der Waals surface area contributed by atoms with Gasteiger partial charge in [0, 0.05) is 12.6 Å². The van der Waals surface area contributed by atoms with Crippen LogP contribution < -0.4 is 15.4 Å². The molecule has 1 aliphatic rings. The number of nitrogens with zero attached hydrogens (tertiary/aromatic N) is 2. The molecule has 20 heavy (non-hydrogen) atoms. The molecule has 0 aliphatic heterocycles. The van der Waals surface area contributed by atoms with Crippen LogP contribution in [-0.4, -0.2) is 24.7 Å². The molecule has 112 valence electrons. The van der Waals surface area contributed by atoms with Crippen LogP contribution in [-0.2, 0) is 0 Å². The fourth-order valence-electron chi connectivity index (χ4n) is 2.86. The number of hydrogen-bond donors (Lipinski definition) is 1. The Morgan fingerprint density at radius 2 is 2.05 bits per heavy atom. The number of pyridine rings is 1. The molecule has 0 aromatic carbocycles. The largest absolute Gasteiger partial charge is 0.479 e. The molecule has 1 heterocycles. The molecule has 0 unspecified atom stereocenters. The van der Waals surface area contributed by atoms with Crippen molar-refractivity contribution < 1.29 is 4.74 Å². The molecule has 1 aromatic rings. The van der Waals surface area contributed by atoms with E-state index >= 15 is 0 Å². The van der Waals surface area contributed by atoms with Crippen LogP contribution in [0.1, 0.15) is 46.0 Å². The van der Waals surface area contributed by atoms with Gasteiger partial charge in [-0.05, 0) is 37.3 Å². The van der Waals surface area contributed by atoms with Crippen molar-refractivity contribution in [3.8, 4) is 5.88 Å². The molecule has 1 fully saturated rings. The fourth-order valence-corrected chi connectivity index (χ4v) is 2.86. The van der Waals surface area contributed by atoms with E-state index in [4.69, 9.17) is 10.5 Å². The van der Waals surface area contributed by atoms with Gasteiger partial charge in [0.1, 0.15) is 5.82 Å². The Morgan fingerprint density at radius 1 is 1.35 bits per heavy atom. The summed E-state index contributed by atoms with van der Waals surface area (Å²) in [5, 5.41) is 0. The van der Waals surface area contributed by atoms with Crippen molar-refractivity contribution in [3.63, 3.8) is 0 Å². The average Bonchev–Trinajstić information content (AvgIpc) is 2.94. The number of nitrogen functional groups attached to an aromatic ring is 1. The Kier molecular flexibility index (Phi) is 5.10. The zero-order valence-electron chi connectivity index (χ0n) is 12.9. The molecule has 0 bridgehead atoms. The normalized spacial score (nSPS) is 15.8. The van der Waals surface area contributed by atoms with Crippen LogP contribution in [0.4, 0.5) is 11.5 Å². The Hall–Kier alpha value is -1.45. The van der Waals surface area contributed by atoms with Crippen LogP contribution in [0.15, 0.2) is 12.1 Å². The molecule has 0 radical (unpaired) electrons. The number of methoxy groups -OCH3 is 1. The van der Waals surface area contributed by atoms with Crippen molar-refractivity contribution in [2.45, 2.75) is 52.0 Å². The molecule has 0 spiro atoms. The highest BCUT2D eigenvalue weighted by Gasteiger charge is 2.24. The van der Waals surface area contributed by atoms with E-state index in [-0.39, 0.29) is 0 Å². The predicted molar refractivity (Wildman–Crippen MR) is 84.3 cm³/mol. The minimum absolute atomic E-state index is 0.537. The molecule has 0 amide bonds. The van der Waals surface area contributed by atoms with Gasteiger partial charge in [-0.2, -0.15) is 4.98 Å². The van der Waals surface area contributed by atoms with Gasteiger partial charge in [0.05, 0.1) is 12.8 Å². The topological polar surface area (TPSA) is 51.4 Å². The van der Waals surface area contributed by atoms with E-state index in [0.29, 0.717) is 23.5 Å². The quantitative estimate of drug-likeness (QED) is 0.865. The van der Waals surface area contributed by atoms with Crippen molar-refractivity contribution >= 4 is 11.5 Å². The molecule has 0 saturated heterocycles. The monoisotopic (exact) mass is 277 g/mol. The Labute approximate surface area is 122 Å². The maximum absolute atomic E-state index is 5.87. The number of hydrogen-bond acceptors (Lipinski definition) is 4. The van der Waals surface area contributed by atoms with E-state index in [1.54, 1.807) is 7.11 Å². The van der Waals surface area contributed by atoms with Gasteiger partial charge in [0.15, 0.2) is 0 Å². The first kappa shape index (κ1) is 14.9. The third-order valence-corrected chi connectivity index (χ3v) is 4.08. The summed E-state index contributed by atoms with van der Waals surface area (Å²) in [5.74, 6) is 2.24. The second kappa shape index (κ2) is 6.82. The van der Waals surface area contributed by atoms with Crippen LogP contribution in [0.25, 0.3) is 0 Å². The first-order valence-corrected chi connectivity index (χ1v) is 7.69. The highest BCUT2D eigenvalue weighted by Crippen LogP contribution is 2.30. The van der Waals surface area contributed by atoms with E-state index in [2.05, 4.69) is 23.7 Å². The molecule has 4 heteroatoms. The van der Waals surface area contributed by atoms with Crippen LogP contribution in [0, 0.1) is 5.92 Å². The lowest BCUT2D eigenvalue weighted by Crippen LogP contribution is -2.35. The lowest BCUT2D eigenvalue weighted by atomic mass is 10.1. The molecule has 2 rings (SSSR count). The molecule has 2 N–H and O–H groups in total. The van der Waals surface area contributed by atoms with Crippen molar-refractivity contribution in [2.75, 3.05) is 24.3 Å². The lowest BCUT2D eigenvalue weighted by molar-refractivity contribution is 0.399. The number of rotatable bonds is 6. The minimum Gasteiger partial charge on any atom is -0.479 e. The average molecular weight is 277 g/mol. The third kappa shape index (κ3) is 3.56. The molecule has 1 aliphatic carbocycles. The van der Waals surface area contributed by atoms with Gasteiger partial charge in [-0.25, -0.2) is 0 Å². The van der Waals surface area contributed by atoms with Crippen LogP contribution in [0.5, 0.6) is 5.88 Å². The van der Waals surface area contributed by atoms with Gasteiger partial charge < -0.3 is 15.4 Å². The fraction of sp³-hybridized carbons (Fsp3) is 0.688. The minimum atomic E-state index is 0.537. The summed E-state index contributed by atoms with van der Waals surface area (Å²) in [6.45, 7) is 5.59. The van der Waals surface area contributed by atoms with Crippen LogP contribution >= 0.6 is 0 Å². The van der Waals surface area contributed by atoms with E-state index in [9.17, 15) is 0 Å². The Morgan fingerprint density at radius 3 is 2.65 bits per heavy atom. The van der Waals surface area contributed by atoms with Crippen molar-refractivity contribution in [3.05, 3.63) is 12.1 Å². The van der Waals surface area contributed by atoms with E-state index in [1.807, 2.05) is 12.1 Å². The number of anilines is 2. The van der Waals surface area contributed by atoms with Crippen LogP contribution in [0.2, 0.25) is 0 Å². The smallest absolute Gasteiger partial charge is 0.238 e. The Balaban J connectivity index is 2.20. The summed E-state index contributed by atoms with van der Waals surface area (Å²) < 4.78 is 5.26. The van der Waals surface area contributed by atoms with E-state index in [1.165, 1.54) is 32.1 Å². The van der Waals surface area contributed by atoms with Gasteiger partial charge in [-0.1, -0.05) is 26.7 Å². The first-order valence-electron chi connectivity index (χ1n) is 7.69. The molecular weight excluding hydrogens is 250 g/mol.